The van der Waals surface area contributed by atoms with E-state index in [0.29, 0.717) is 12.2 Å². The second-order valence-electron chi connectivity index (χ2n) is 2.35. The van der Waals surface area contributed by atoms with Crippen LogP contribution in [0, 0.1) is 12.3 Å². The molecule has 1 aromatic heterocycles. The van der Waals surface area contributed by atoms with Crippen molar-refractivity contribution in [1.82, 2.24) is 25.9 Å². The van der Waals surface area contributed by atoms with Crippen LogP contribution in [0.1, 0.15) is 25.2 Å². The second kappa shape index (κ2) is 4.21. The number of terminal acetylenes is 1. The smallest absolute Gasteiger partial charge is 0.296 e. The van der Waals surface area contributed by atoms with Crippen molar-refractivity contribution in [3.8, 4) is 12.3 Å². The average Bonchev–Trinajstić information content (AvgIpc) is 2.66. The molecule has 1 rings (SSSR count). The number of tetrazole rings is 1. The van der Waals surface area contributed by atoms with E-state index in [1.165, 1.54) is 0 Å². The van der Waals surface area contributed by atoms with Crippen LogP contribution in [0.3, 0.4) is 0 Å². The molecule has 0 saturated heterocycles. The highest BCUT2D eigenvalue weighted by Crippen LogP contribution is 2.08. The topological polar surface area (TPSA) is 83.6 Å². The van der Waals surface area contributed by atoms with E-state index < -0.39 is 5.91 Å². The van der Waals surface area contributed by atoms with Gasteiger partial charge in [0.05, 0.1) is 6.04 Å². The van der Waals surface area contributed by atoms with Gasteiger partial charge in [0, 0.05) is 0 Å². The quantitative estimate of drug-likeness (QED) is 0.607. The predicted octanol–water partition coefficient (Wildman–Crippen LogP) is -0.600. The van der Waals surface area contributed by atoms with Gasteiger partial charge >= 0.3 is 0 Å². The average molecular weight is 179 g/mol. The third-order valence-corrected chi connectivity index (χ3v) is 1.52. The molecule has 68 valence electrons. The minimum Gasteiger partial charge on any atom is -0.335 e. The standard InChI is InChI=1S/C7H9N5O/c1-3-5(8-6(13)4-2)7-9-11-12-10-7/h2,5H,3H2,1H3,(H,8,13)(H,9,10,11,12). The summed E-state index contributed by atoms with van der Waals surface area (Å²) in [6.45, 7) is 1.89. The number of aromatic amines is 1. The zero-order valence-electron chi connectivity index (χ0n) is 7.11. The molecular formula is C7H9N5O. The van der Waals surface area contributed by atoms with E-state index in [-0.39, 0.29) is 6.04 Å². The number of carbonyl (C=O) groups excluding carboxylic acids is 1. The Labute approximate surface area is 75.1 Å². The number of aromatic nitrogens is 4. The summed E-state index contributed by atoms with van der Waals surface area (Å²) in [4.78, 5) is 10.8. The van der Waals surface area contributed by atoms with Gasteiger partial charge in [0.25, 0.3) is 5.91 Å². The number of hydrogen-bond acceptors (Lipinski definition) is 4. The lowest BCUT2D eigenvalue weighted by molar-refractivity contribution is -0.116. The summed E-state index contributed by atoms with van der Waals surface area (Å²) in [5.41, 5.74) is 0. The van der Waals surface area contributed by atoms with E-state index >= 15 is 0 Å². The molecule has 1 heterocycles. The minimum absolute atomic E-state index is 0.276. The van der Waals surface area contributed by atoms with Gasteiger partial charge in [0.2, 0.25) is 0 Å². The van der Waals surface area contributed by atoms with Gasteiger partial charge in [-0.2, -0.15) is 5.21 Å². The van der Waals surface area contributed by atoms with E-state index in [1.807, 2.05) is 12.8 Å². The number of amides is 1. The highest BCUT2D eigenvalue weighted by molar-refractivity contribution is 5.93. The highest BCUT2D eigenvalue weighted by Gasteiger charge is 2.14. The second-order valence-corrected chi connectivity index (χ2v) is 2.35. The first-order valence-corrected chi connectivity index (χ1v) is 3.78. The van der Waals surface area contributed by atoms with Crippen LogP contribution in [0.4, 0.5) is 0 Å². The van der Waals surface area contributed by atoms with Crippen molar-refractivity contribution in [3.63, 3.8) is 0 Å². The molecule has 0 spiro atoms. The van der Waals surface area contributed by atoms with Gasteiger partial charge in [0.1, 0.15) is 0 Å². The van der Waals surface area contributed by atoms with Crippen LogP contribution in [0.25, 0.3) is 0 Å². The lowest BCUT2D eigenvalue weighted by Gasteiger charge is -2.09. The predicted molar refractivity (Wildman–Crippen MR) is 44.2 cm³/mol. The molecule has 0 radical (unpaired) electrons. The molecule has 0 bridgehead atoms. The molecule has 1 amide bonds. The van der Waals surface area contributed by atoms with E-state index in [2.05, 4.69) is 25.9 Å². The number of H-pyrrole nitrogens is 1. The molecule has 1 unspecified atom stereocenters. The van der Waals surface area contributed by atoms with Gasteiger partial charge in [0.15, 0.2) is 5.82 Å². The summed E-state index contributed by atoms with van der Waals surface area (Å²) in [6.07, 6.45) is 5.56. The first kappa shape index (κ1) is 9.19. The molecule has 0 fully saturated rings. The molecule has 2 N–H and O–H groups in total. The van der Waals surface area contributed by atoms with Gasteiger partial charge in [-0.15, -0.1) is 16.6 Å². The summed E-state index contributed by atoms with van der Waals surface area (Å²) >= 11 is 0. The summed E-state index contributed by atoms with van der Waals surface area (Å²) in [7, 11) is 0. The third kappa shape index (κ3) is 2.27. The Morgan fingerprint density at radius 3 is 3.08 bits per heavy atom. The minimum atomic E-state index is -0.475. The number of hydrogen-bond donors (Lipinski definition) is 2. The molecule has 6 nitrogen and oxygen atoms in total. The molecule has 1 atom stereocenters. The van der Waals surface area contributed by atoms with Crippen LogP contribution in [0.15, 0.2) is 0 Å². The van der Waals surface area contributed by atoms with Crippen LogP contribution in [-0.4, -0.2) is 26.5 Å². The molecular weight excluding hydrogens is 170 g/mol. The fourth-order valence-electron chi connectivity index (χ4n) is 0.866. The van der Waals surface area contributed by atoms with Gasteiger partial charge in [-0.25, -0.2) is 0 Å². The summed E-state index contributed by atoms with van der Waals surface area (Å²) in [5, 5.41) is 15.7. The maximum atomic E-state index is 10.8. The Kier molecular flexibility index (Phi) is 2.97. The Bertz CT molecular complexity index is 312. The van der Waals surface area contributed by atoms with Crippen molar-refractivity contribution in [2.45, 2.75) is 19.4 Å². The highest BCUT2D eigenvalue weighted by atomic mass is 16.1. The Hall–Kier alpha value is -1.90. The SMILES string of the molecule is C#CC(=O)NC(CC)c1nn[nH]n1. The summed E-state index contributed by atoms with van der Waals surface area (Å²) < 4.78 is 0. The fourth-order valence-corrected chi connectivity index (χ4v) is 0.866. The largest absolute Gasteiger partial charge is 0.335 e. The van der Waals surface area contributed by atoms with Crippen LogP contribution < -0.4 is 5.32 Å². The molecule has 6 heteroatoms. The van der Waals surface area contributed by atoms with Gasteiger partial charge in [-0.3, -0.25) is 4.79 Å². The van der Waals surface area contributed by atoms with E-state index in [9.17, 15) is 4.79 Å². The third-order valence-electron chi connectivity index (χ3n) is 1.52. The number of rotatable bonds is 3. The van der Waals surface area contributed by atoms with Gasteiger partial charge in [-0.1, -0.05) is 12.1 Å². The van der Waals surface area contributed by atoms with Crippen molar-refractivity contribution in [2.75, 3.05) is 0 Å². The number of nitrogens with one attached hydrogen (secondary N) is 2. The van der Waals surface area contributed by atoms with Crippen LogP contribution in [0.5, 0.6) is 0 Å². The van der Waals surface area contributed by atoms with E-state index in [0.717, 1.165) is 0 Å². The van der Waals surface area contributed by atoms with Gasteiger partial charge in [-0.05, 0) is 12.3 Å². The van der Waals surface area contributed by atoms with Crippen LogP contribution >= 0.6 is 0 Å². The molecule has 0 aliphatic rings. The zero-order valence-corrected chi connectivity index (χ0v) is 7.11. The molecule has 0 aliphatic carbocycles. The Morgan fingerprint density at radius 1 is 1.85 bits per heavy atom. The maximum absolute atomic E-state index is 10.8. The molecule has 13 heavy (non-hydrogen) atoms. The lowest BCUT2D eigenvalue weighted by atomic mass is 10.2. The van der Waals surface area contributed by atoms with Crippen molar-refractivity contribution in [1.29, 1.82) is 0 Å². The molecule has 1 aromatic rings. The first-order valence-electron chi connectivity index (χ1n) is 3.78. The lowest BCUT2D eigenvalue weighted by Crippen LogP contribution is -2.27. The number of carbonyl (C=O) groups is 1. The Balaban J connectivity index is 2.65. The van der Waals surface area contributed by atoms with Crippen molar-refractivity contribution >= 4 is 5.91 Å². The zero-order chi connectivity index (χ0) is 9.68. The van der Waals surface area contributed by atoms with Crippen molar-refractivity contribution < 1.29 is 4.79 Å². The monoisotopic (exact) mass is 179 g/mol. The molecule has 0 saturated carbocycles. The molecule has 0 aliphatic heterocycles. The van der Waals surface area contributed by atoms with Crippen LogP contribution in [-0.2, 0) is 4.79 Å². The summed E-state index contributed by atoms with van der Waals surface area (Å²) in [6, 6.07) is -0.276. The number of nitrogens with zero attached hydrogens (tertiary/aromatic N) is 3. The van der Waals surface area contributed by atoms with E-state index in [4.69, 9.17) is 6.42 Å². The van der Waals surface area contributed by atoms with Crippen molar-refractivity contribution in [2.24, 2.45) is 0 Å². The normalized spacial score (nSPS) is 11.7. The Morgan fingerprint density at radius 2 is 2.62 bits per heavy atom. The fraction of sp³-hybridized carbons (Fsp3) is 0.429. The molecule has 0 aromatic carbocycles. The summed E-state index contributed by atoms with van der Waals surface area (Å²) in [5.74, 6) is 1.92. The van der Waals surface area contributed by atoms with E-state index in [1.54, 1.807) is 0 Å². The van der Waals surface area contributed by atoms with Gasteiger partial charge < -0.3 is 5.32 Å². The first-order chi connectivity index (χ1) is 6.27. The van der Waals surface area contributed by atoms with Crippen molar-refractivity contribution in [3.05, 3.63) is 5.82 Å². The maximum Gasteiger partial charge on any atom is 0.296 e. The van der Waals surface area contributed by atoms with Crippen LogP contribution in [0.2, 0.25) is 0 Å².